The number of likely N-dealkylation sites (N-methyl/N-ethyl adjacent to an activating group) is 1. The number of nitrogens with zero attached hydrogens (tertiary/aromatic N) is 4. The Kier molecular flexibility index (Phi) is 5.97. The van der Waals surface area contributed by atoms with Gasteiger partial charge in [-0.25, -0.2) is 9.97 Å². The van der Waals surface area contributed by atoms with E-state index in [4.69, 9.17) is 0 Å². The lowest BCUT2D eigenvalue weighted by Gasteiger charge is -2.33. The van der Waals surface area contributed by atoms with E-state index in [1.807, 2.05) is 17.0 Å². The fraction of sp³-hybridized carbons (Fsp3) is 0.368. The molecule has 0 spiro atoms. The summed E-state index contributed by atoms with van der Waals surface area (Å²) < 4.78 is 0. The fourth-order valence-corrected chi connectivity index (χ4v) is 2.92. The van der Waals surface area contributed by atoms with Crippen LogP contribution in [0.5, 0.6) is 0 Å². The number of piperazine rings is 1. The Morgan fingerprint density at radius 2 is 1.67 bits per heavy atom. The normalized spacial score (nSPS) is 14.7. The summed E-state index contributed by atoms with van der Waals surface area (Å²) in [6.45, 7) is 7.82. The first-order chi connectivity index (χ1) is 13.0. The summed E-state index contributed by atoms with van der Waals surface area (Å²) >= 11 is 0. The fourth-order valence-electron chi connectivity index (χ4n) is 2.92. The molecular weight excluding hydrogens is 344 g/mol. The molecule has 8 heteroatoms. The van der Waals surface area contributed by atoms with Gasteiger partial charge in [-0.1, -0.05) is 6.92 Å². The van der Waals surface area contributed by atoms with Gasteiger partial charge in [0.1, 0.15) is 11.5 Å². The predicted molar refractivity (Wildman–Crippen MR) is 104 cm³/mol. The van der Waals surface area contributed by atoms with Crippen LogP contribution in [0.3, 0.4) is 0 Å². The second-order valence-corrected chi connectivity index (χ2v) is 6.40. The van der Waals surface area contributed by atoms with Crippen LogP contribution in [-0.2, 0) is 4.79 Å². The molecule has 2 amide bonds. The average Bonchev–Trinajstić information content (AvgIpc) is 2.69. The molecule has 3 rings (SSSR count). The van der Waals surface area contributed by atoms with E-state index in [9.17, 15) is 9.59 Å². The molecule has 1 aromatic carbocycles. The number of hydrogen-bond acceptors (Lipinski definition) is 6. The lowest BCUT2D eigenvalue weighted by atomic mass is 10.2. The van der Waals surface area contributed by atoms with Crippen molar-refractivity contribution < 1.29 is 9.59 Å². The minimum Gasteiger partial charge on any atom is -0.339 e. The molecule has 0 radical (unpaired) electrons. The van der Waals surface area contributed by atoms with Gasteiger partial charge in [0.2, 0.25) is 5.91 Å². The van der Waals surface area contributed by atoms with Crippen molar-refractivity contribution in [3.63, 3.8) is 0 Å². The number of hydrogen-bond donors (Lipinski definition) is 2. The largest absolute Gasteiger partial charge is 0.339 e. The van der Waals surface area contributed by atoms with Crippen LogP contribution in [0.1, 0.15) is 24.3 Å². The minimum absolute atomic E-state index is 0.0792. The molecule has 0 atom stereocenters. The Labute approximate surface area is 158 Å². The van der Waals surface area contributed by atoms with Crippen LogP contribution in [0.2, 0.25) is 0 Å². The van der Waals surface area contributed by atoms with Crippen LogP contribution in [0.4, 0.5) is 17.2 Å². The van der Waals surface area contributed by atoms with E-state index in [0.717, 1.165) is 44.1 Å². The maximum absolute atomic E-state index is 12.5. The molecule has 1 aliphatic rings. The van der Waals surface area contributed by atoms with E-state index in [1.54, 1.807) is 18.3 Å². The van der Waals surface area contributed by atoms with Crippen molar-refractivity contribution in [2.45, 2.75) is 13.8 Å². The predicted octanol–water partition coefficient (Wildman–Crippen LogP) is 1.96. The highest BCUT2D eigenvalue weighted by Gasteiger charge is 2.22. The third kappa shape index (κ3) is 5.01. The molecule has 1 aromatic heterocycles. The van der Waals surface area contributed by atoms with Crippen molar-refractivity contribution in [2.24, 2.45) is 0 Å². The summed E-state index contributed by atoms with van der Waals surface area (Å²) in [4.78, 5) is 36.3. The first-order valence-corrected chi connectivity index (χ1v) is 9.03. The zero-order valence-electron chi connectivity index (χ0n) is 15.6. The quantitative estimate of drug-likeness (QED) is 0.838. The third-order valence-electron chi connectivity index (χ3n) is 4.46. The number of rotatable bonds is 5. The van der Waals surface area contributed by atoms with Gasteiger partial charge < -0.3 is 20.4 Å². The summed E-state index contributed by atoms with van der Waals surface area (Å²) in [7, 11) is 0. The molecule has 27 heavy (non-hydrogen) atoms. The molecule has 1 saturated heterocycles. The number of aromatic nitrogens is 2. The van der Waals surface area contributed by atoms with Gasteiger partial charge in [-0.3, -0.25) is 9.59 Å². The third-order valence-corrected chi connectivity index (χ3v) is 4.46. The van der Waals surface area contributed by atoms with Crippen LogP contribution in [0.25, 0.3) is 0 Å². The number of carbonyl (C=O) groups is 2. The Hall–Kier alpha value is -3.00. The molecule has 8 nitrogen and oxygen atoms in total. The van der Waals surface area contributed by atoms with E-state index in [1.165, 1.54) is 13.1 Å². The van der Waals surface area contributed by atoms with Crippen LogP contribution in [0, 0.1) is 0 Å². The molecule has 0 bridgehead atoms. The summed E-state index contributed by atoms with van der Waals surface area (Å²) in [5.41, 5.74) is 1.89. The van der Waals surface area contributed by atoms with Crippen LogP contribution in [-0.4, -0.2) is 64.3 Å². The van der Waals surface area contributed by atoms with Gasteiger partial charge >= 0.3 is 0 Å². The van der Waals surface area contributed by atoms with E-state index in [0.29, 0.717) is 11.5 Å². The second kappa shape index (κ2) is 8.59. The van der Waals surface area contributed by atoms with Gasteiger partial charge in [0.05, 0.1) is 12.4 Å². The van der Waals surface area contributed by atoms with Crippen molar-refractivity contribution in [1.82, 2.24) is 19.8 Å². The summed E-state index contributed by atoms with van der Waals surface area (Å²) in [5.74, 6) is 0.358. The monoisotopic (exact) mass is 368 g/mol. The van der Waals surface area contributed by atoms with Crippen molar-refractivity contribution in [1.29, 1.82) is 0 Å². The van der Waals surface area contributed by atoms with Crippen molar-refractivity contribution in [3.05, 3.63) is 42.4 Å². The summed E-state index contributed by atoms with van der Waals surface area (Å²) in [6, 6.07) is 7.26. The number of benzene rings is 1. The van der Waals surface area contributed by atoms with Crippen LogP contribution in [0.15, 0.2) is 36.7 Å². The number of amides is 2. The molecule has 0 unspecified atom stereocenters. The van der Waals surface area contributed by atoms with Gasteiger partial charge in [-0.2, -0.15) is 0 Å². The highest BCUT2D eigenvalue weighted by molar-refractivity contribution is 5.92. The lowest BCUT2D eigenvalue weighted by Crippen LogP contribution is -2.48. The van der Waals surface area contributed by atoms with E-state index in [-0.39, 0.29) is 11.8 Å². The molecule has 1 aliphatic heterocycles. The van der Waals surface area contributed by atoms with Crippen LogP contribution >= 0.6 is 0 Å². The molecule has 0 aliphatic carbocycles. The molecule has 0 saturated carbocycles. The van der Waals surface area contributed by atoms with E-state index >= 15 is 0 Å². The average molecular weight is 368 g/mol. The summed E-state index contributed by atoms with van der Waals surface area (Å²) in [6.07, 6.45) is 3.06. The molecule has 2 aromatic rings. The first kappa shape index (κ1) is 18.8. The SMILES string of the molecule is CCN1CCN(C(=O)c2cnc(Nc3ccc(NC(C)=O)cc3)cn2)CC1. The van der Waals surface area contributed by atoms with E-state index in [2.05, 4.69) is 32.4 Å². The van der Waals surface area contributed by atoms with Gasteiger partial charge in [-0.15, -0.1) is 0 Å². The molecule has 1 fully saturated rings. The highest BCUT2D eigenvalue weighted by atomic mass is 16.2. The van der Waals surface area contributed by atoms with Gasteiger partial charge in [0.15, 0.2) is 0 Å². The first-order valence-electron chi connectivity index (χ1n) is 9.03. The Morgan fingerprint density at radius 1 is 1.00 bits per heavy atom. The standard InChI is InChI=1S/C19H24N6O2/c1-3-24-8-10-25(11-9-24)19(27)17-12-21-18(13-20-17)23-16-6-4-15(5-7-16)22-14(2)26/h4-7,12-13H,3,8-11H2,1-2H3,(H,21,23)(H,22,26). The minimum atomic E-state index is -0.113. The topological polar surface area (TPSA) is 90.5 Å². The Balaban J connectivity index is 1.58. The number of anilines is 3. The highest BCUT2D eigenvalue weighted by Crippen LogP contribution is 2.17. The zero-order chi connectivity index (χ0) is 19.2. The molecule has 2 heterocycles. The van der Waals surface area contributed by atoms with Crippen molar-refractivity contribution >= 4 is 29.0 Å². The number of carbonyl (C=O) groups excluding carboxylic acids is 2. The van der Waals surface area contributed by atoms with Crippen molar-refractivity contribution in [2.75, 3.05) is 43.4 Å². The second-order valence-electron chi connectivity index (χ2n) is 6.40. The smallest absolute Gasteiger partial charge is 0.274 e. The Morgan fingerprint density at radius 3 is 2.22 bits per heavy atom. The van der Waals surface area contributed by atoms with Gasteiger partial charge in [0, 0.05) is 44.5 Å². The maximum Gasteiger partial charge on any atom is 0.274 e. The maximum atomic E-state index is 12.5. The zero-order valence-corrected chi connectivity index (χ0v) is 15.6. The molecule has 142 valence electrons. The Bertz CT molecular complexity index is 783. The van der Waals surface area contributed by atoms with Gasteiger partial charge in [0.25, 0.3) is 5.91 Å². The molecule has 2 N–H and O–H groups in total. The molecular formula is C19H24N6O2. The van der Waals surface area contributed by atoms with Crippen molar-refractivity contribution in [3.8, 4) is 0 Å². The number of nitrogens with one attached hydrogen (secondary N) is 2. The van der Waals surface area contributed by atoms with Gasteiger partial charge in [-0.05, 0) is 30.8 Å². The van der Waals surface area contributed by atoms with E-state index < -0.39 is 0 Å². The lowest BCUT2D eigenvalue weighted by molar-refractivity contribution is -0.114. The van der Waals surface area contributed by atoms with Crippen LogP contribution < -0.4 is 10.6 Å². The summed E-state index contributed by atoms with van der Waals surface area (Å²) in [5, 5.41) is 5.84.